The summed E-state index contributed by atoms with van der Waals surface area (Å²) < 4.78 is 4.78. The Labute approximate surface area is 58.5 Å². The molecule has 0 radical (unpaired) electrons. The van der Waals surface area contributed by atoms with Crippen molar-refractivity contribution in [2.75, 3.05) is 27.2 Å². The van der Waals surface area contributed by atoms with E-state index in [1.54, 1.807) is 0 Å². The molecule has 3 heteroatoms. The number of hydrogen-bond donors (Lipinski definition) is 0. The Morgan fingerprint density at radius 3 is 2.29 bits per heavy atom. The lowest BCUT2D eigenvalue weighted by Crippen LogP contribution is -2.16. The maximum atomic E-state index is 4.78. The fourth-order valence-corrected chi connectivity index (χ4v) is 0.414. The second-order valence-corrected chi connectivity index (χ2v) is 2.24. The van der Waals surface area contributed by atoms with Crippen molar-refractivity contribution < 1.29 is 3.07 Å². The third kappa shape index (κ3) is 6.65. The molecule has 0 saturated heterocycles. The number of halogens is 1. The Morgan fingerprint density at radius 2 is 2.14 bits per heavy atom. The van der Waals surface area contributed by atoms with Crippen molar-refractivity contribution in [3.8, 4) is 0 Å². The van der Waals surface area contributed by atoms with E-state index in [1.165, 1.54) is 0 Å². The molecule has 0 aliphatic heterocycles. The monoisotopic (exact) mass is 215 g/mol. The Balaban J connectivity index is 2.68. The molecule has 2 nitrogen and oxygen atoms in total. The molecule has 0 fully saturated rings. The zero-order valence-corrected chi connectivity index (χ0v) is 6.81. The highest BCUT2D eigenvalue weighted by Gasteiger charge is 1.84. The van der Waals surface area contributed by atoms with Gasteiger partial charge in [-0.1, -0.05) is 0 Å². The van der Waals surface area contributed by atoms with Crippen molar-refractivity contribution in [3.63, 3.8) is 0 Å². The molecule has 0 aromatic rings. The molecule has 0 amide bonds. The van der Waals surface area contributed by atoms with E-state index in [9.17, 15) is 0 Å². The van der Waals surface area contributed by atoms with Crippen molar-refractivity contribution in [2.45, 2.75) is 0 Å². The molecule has 0 aliphatic rings. The fraction of sp³-hybridized carbons (Fsp3) is 1.00. The van der Waals surface area contributed by atoms with Crippen LogP contribution in [-0.2, 0) is 3.07 Å². The van der Waals surface area contributed by atoms with Crippen molar-refractivity contribution >= 4 is 23.0 Å². The molecule has 0 spiro atoms. The van der Waals surface area contributed by atoms with Gasteiger partial charge in [0.15, 0.2) is 0 Å². The summed E-state index contributed by atoms with van der Waals surface area (Å²) in [6, 6.07) is 0. The molecule has 44 valence electrons. The molecule has 0 atom stereocenters. The lowest BCUT2D eigenvalue weighted by molar-refractivity contribution is 0.319. The van der Waals surface area contributed by atoms with Crippen LogP contribution in [0.4, 0.5) is 0 Å². The van der Waals surface area contributed by atoms with Gasteiger partial charge in [-0.3, -0.25) is 0 Å². The number of hydrogen-bond acceptors (Lipinski definition) is 2. The van der Waals surface area contributed by atoms with E-state index < -0.39 is 0 Å². The predicted molar refractivity (Wildman–Crippen MR) is 38.5 cm³/mol. The highest BCUT2D eigenvalue weighted by Crippen LogP contribution is 1.83. The van der Waals surface area contributed by atoms with E-state index >= 15 is 0 Å². The lowest BCUT2D eigenvalue weighted by Gasteiger charge is -2.05. The van der Waals surface area contributed by atoms with E-state index in [-0.39, 0.29) is 0 Å². The third-order valence-electron chi connectivity index (χ3n) is 0.616. The van der Waals surface area contributed by atoms with E-state index in [2.05, 4.69) is 4.90 Å². The van der Waals surface area contributed by atoms with Crippen LogP contribution in [0, 0.1) is 0 Å². The van der Waals surface area contributed by atoms with Crippen LogP contribution in [0.5, 0.6) is 0 Å². The standard InChI is InChI=1S/C4H10INO/c1-6(2)3-4-7-5/h3-4H2,1-2H3. The van der Waals surface area contributed by atoms with Crippen LogP contribution in [-0.4, -0.2) is 32.1 Å². The first-order chi connectivity index (χ1) is 3.27. The van der Waals surface area contributed by atoms with Gasteiger partial charge in [-0.15, -0.1) is 0 Å². The highest BCUT2D eigenvalue weighted by atomic mass is 127. The summed E-state index contributed by atoms with van der Waals surface area (Å²) >= 11 is 1.89. The molecular weight excluding hydrogens is 205 g/mol. The Bertz CT molecular complexity index is 40.7. The fourth-order valence-electron chi connectivity index (χ4n) is 0.217. The van der Waals surface area contributed by atoms with Crippen molar-refractivity contribution in [1.29, 1.82) is 0 Å². The Kier molecular flexibility index (Phi) is 5.25. The second kappa shape index (κ2) is 4.80. The van der Waals surface area contributed by atoms with Crippen molar-refractivity contribution in [1.82, 2.24) is 4.90 Å². The Hall–Kier alpha value is 0.650. The molecule has 0 aromatic carbocycles. The summed E-state index contributed by atoms with van der Waals surface area (Å²) in [5.41, 5.74) is 0. The number of rotatable bonds is 3. The molecule has 0 heterocycles. The predicted octanol–water partition coefficient (Wildman–Crippen LogP) is 0.915. The summed E-state index contributed by atoms with van der Waals surface area (Å²) in [4.78, 5) is 2.08. The molecule has 0 rings (SSSR count). The van der Waals surface area contributed by atoms with Gasteiger partial charge in [0.2, 0.25) is 0 Å². The molecule has 0 aromatic heterocycles. The maximum Gasteiger partial charge on any atom is 0.109 e. The first-order valence-corrected chi connectivity index (χ1v) is 3.03. The van der Waals surface area contributed by atoms with Crippen LogP contribution in [0.15, 0.2) is 0 Å². The summed E-state index contributed by atoms with van der Waals surface area (Å²) in [5.74, 6) is 0. The van der Waals surface area contributed by atoms with E-state index in [1.807, 2.05) is 37.1 Å². The molecule has 0 unspecified atom stereocenters. The summed E-state index contributed by atoms with van der Waals surface area (Å²) in [6.45, 7) is 1.82. The van der Waals surface area contributed by atoms with Gasteiger partial charge in [-0.2, -0.15) is 0 Å². The van der Waals surface area contributed by atoms with Crippen LogP contribution >= 0.6 is 23.0 Å². The second-order valence-electron chi connectivity index (χ2n) is 1.62. The molecule has 7 heavy (non-hydrogen) atoms. The Morgan fingerprint density at radius 1 is 1.57 bits per heavy atom. The smallest absolute Gasteiger partial charge is 0.109 e. The van der Waals surface area contributed by atoms with Gasteiger partial charge in [-0.05, 0) is 14.1 Å². The van der Waals surface area contributed by atoms with Crippen molar-refractivity contribution in [2.24, 2.45) is 0 Å². The first kappa shape index (κ1) is 7.65. The minimum absolute atomic E-state index is 0.813. The molecular formula is C4H10INO. The maximum absolute atomic E-state index is 4.78. The van der Waals surface area contributed by atoms with Gasteiger partial charge in [0.1, 0.15) is 23.0 Å². The lowest BCUT2D eigenvalue weighted by atomic mass is 10.6. The third-order valence-corrected chi connectivity index (χ3v) is 1.06. The van der Waals surface area contributed by atoms with Crippen LogP contribution in [0.2, 0.25) is 0 Å². The minimum Gasteiger partial charge on any atom is -0.314 e. The summed E-state index contributed by atoms with van der Waals surface area (Å²) in [6.07, 6.45) is 0. The first-order valence-electron chi connectivity index (χ1n) is 2.15. The van der Waals surface area contributed by atoms with Gasteiger partial charge < -0.3 is 7.97 Å². The molecule has 0 N–H and O–H groups in total. The summed E-state index contributed by atoms with van der Waals surface area (Å²) in [7, 11) is 4.05. The molecule has 0 aliphatic carbocycles. The largest absolute Gasteiger partial charge is 0.314 e. The quantitative estimate of drug-likeness (QED) is 0.649. The van der Waals surface area contributed by atoms with E-state index in [0.29, 0.717) is 0 Å². The van der Waals surface area contributed by atoms with Gasteiger partial charge in [-0.25, -0.2) is 0 Å². The van der Waals surface area contributed by atoms with Gasteiger partial charge >= 0.3 is 0 Å². The average Bonchev–Trinajstić information content (AvgIpc) is 1.61. The topological polar surface area (TPSA) is 12.5 Å². The van der Waals surface area contributed by atoms with E-state index in [4.69, 9.17) is 3.07 Å². The van der Waals surface area contributed by atoms with Crippen molar-refractivity contribution in [3.05, 3.63) is 0 Å². The zero-order valence-electron chi connectivity index (χ0n) is 4.65. The highest BCUT2D eigenvalue weighted by molar-refractivity contribution is 14.1. The average molecular weight is 215 g/mol. The molecule has 0 bridgehead atoms. The number of likely N-dealkylation sites (N-methyl/N-ethyl adjacent to an activating group) is 1. The van der Waals surface area contributed by atoms with Crippen LogP contribution in [0.1, 0.15) is 0 Å². The van der Waals surface area contributed by atoms with E-state index in [0.717, 1.165) is 13.2 Å². The molecule has 0 saturated carbocycles. The SMILES string of the molecule is CN(C)CCOI. The van der Waals surface area contributed by atoms with Gasteiger partial charge in [0.25, 0.3) is 0 Å². The minimum atomic E-state index is 0.813. The van der Waals surface area contributed by atoms with Gasteiger partial charge in [0, 0.05) is 6.54 Å². The summed E-state index contributed by atoms with van der Waals surface area (Å²) in [5, 5.41) is 0. The number of nitrogens with zero attached hydrogens (tertiary/aromatic N) is 1. The van der Waals surface area contributed by atoms with Gasteiger partial charge in [0.05, 0.1) is 6.61 Å². The van der Waals surface area contributed by atoms with Crippen LogP contribution < -0.4 is 0 Å². The van der Waals surface area contributed by atoms with Crippen LogP contribution in [0.3, 0.4) is 0 Å². The van der Waals surface area contributed by atoms with Crippen LogP contribution in [0.25, 0.3) is 0 Å². The zero-order chi connectivity index (χ0) is 5.70. The normalized spacial score (nSPS) is 10.3.